The summed E-state index contributed by atoms with van der Waals surface area (Å²) >= 11 is 0. The van der Waals surface area contributed by atoms with Gasteiger partial charge in [-0.2, -0.15) is 0 Å². The number of rotatable bonds is 4. The zero-order chi connectivity index (χ0) is 15.7. The van der Waals surface area contributed by atoms with Crippen molar-refractivity contribution < 1.29 is 19.1 Å². The molecule has 22 heavy (non-hydrogen) atoms. The minimum Gasteiger partial charge on any atom is -0.392 e. The summed E-state index contributed by atoms with van der Waals surface area (Å²) < 4.78 is 13.0. The molecule has 1 aromatic carbocycles. The predicted octanol–water partition coefficient (Wildman–Crippen LogP) is 0.485. The van der Waals surface area contributed by atoms with Crippen LogP contribution in [0.2, 0.25) is 0 Å². The number of amides is 3. The number of urea groups is 1. The van der Waals surface area contributed by atoms with E-state index in [1.54, 1.807) is 12.1 Å². The number of halogens is 1. The van der Waals surface area contributed by atoms with Crippen LogP contribution >= 0.6 is 0 Å². The number of β-amino-alcohol motifs (C(OH)–C–C–N with tert-alkyl or cyclic N) is 1. The molecule has 3 amide bonds. The van der Waals surface area contributed by atoms with Gasteiger partial charge in [-0.25, -0.2) is 9.18 Å². The van der Waals surface area contributed by atoms with Gasteiger partial charge in [-0.1, -0.05) is 12.1 Å². The lowest BCUT2D eigenvalue weighted by Crippen LogP contribution is -2.39. The molecule has 0 aliphatic carbocycles. The number of likely N-dealkylation sites (tertiary alicyclic amines) is 1. The van der Waals surface area contributed by atoms with Crippen LogP contribution in [-0.2, 0) is 4.79 Å². The molecule has 0 spiro atoms. The summed E-state index contributed by atoms with van der Waals surface area (Å²) in [5, 5.41) is 12.4. The van der Waals surface area contributed by atoms with Crippen molar-refractivity contribution in [2.45, 2.75) is 18.6 Å². The van der Waals surface area contributed by atoms with Crippen molar-refractivity contribution in [1.29, 1.82) is 0 Å². The molecule has 0 bridgehead atoms. The number of nitrogens with zero attached hydrogens (tertiary/aromatic N) is 2. The third-order valence-electron chi connectivity index (χ3n) is 4.18. The van der Waals surface area contributed by atoms with Crippen LogP contribution in [-0.4, -0.2) is 59.1 Å². The second-order valence-corrected chi connectivity index (χ2v) is 5.66. The largest absolute Gasteiger partial charge is 0.392 e. The highest BCUT2D eigenvalue weighted by Gasteiger charge is 2.34. The van der Waals surface area contributed by atoms with Crippen LogP contribution in [0.3, 0.4) is 0 Å². The summed E-state index contributed by atoms with van der Waals surface area (Å²) in [5.41, 5.74) is 0.926. The summed E-state index contributed by atoms with van der Waals surface area (Å²) in [6, 6.07) is 5.81. The second-order valence-electron chi connectivity index (χ2n) is 5.66. The molecular formula is C15H18FN3O3. The lowest BCUT2D eigenvalue weighted by molar-refractivity contribution is -0.125. The minimum atomic E-state index is -0.460. The van der Waals surface area contributed by atoms with Crippen molar-refractivity contribution >= 4 is 11.9 Å². The Morgan fingerprint density at radius 2 is 1.95 bits per heavy atom. The average molecular weight is 307 g/mol. The van der Waals surface area contributed by atoms with Crippen LogP contribution < -0.4 is 5.32 Å². The van der Waals surface area contributed by atoms with Crippen LogP contribution in [0, 0.1) is 5.82 Å². The third kappa shape index (κ3) is 2.95. The first kappa shape index (κ1) is 14.9. The SMILES string of the molecule is O=C1CNC(=O)N1CCN1CC(O)CC1c1ccc(F)cc1. The average Bonchev–Trinajstić information content (AvgIpc) is 3.01. The fraction of sp³-hybridized carbons (Fsp3) is 0.467. The van der Waals surface area contributed by atoms with E-state index in [0.29, 0.717) is 19.5 Å². The molecule has 7 heteroatoms. The minimum absolute atomic E-state index is 0.0311. The molecule has 0 aromatic heterocycles. The number of hydrogen-bond donors (Lipinski definition) is 2. The summed E-state index contributed by atoms with van der Waals surface area (Å²) in [6.07, 6.45) is 0.101. The zero-order valence-electron chi connectivity index (χ0n) is 12.0. The van der Waals surface area contributed by atoms with Gasteiger partial charge in [0.2, 0.25) is 5.91 Å². The van der Waals surface area contributed by atoms with Crippen LogP contribution in [0.5, 0.6) is 0 Å². The van der Waals surface area contributed by atoms with Crippen molar-refractivity contribution in [1.82, 2.24) is 15.1 Å². The van der Waals surface area contributed by atoms with Crippen molar-refractivity contribution in [3.63, 3.8) is 0 Å². The summed E-state index contributed by atoms with van der Waals surface area (Å²) in [6.45, 7) is 1.29. The van der Waals surface area contributed by atoms with Crippen LogP contribution in [0.1, 0.15) is 18.0 Å². The Hall–Kier alpha value is -1.99. The Kier molecular flexibility index (Phi) is 4.08. The van der Waals surface area contributed by atoms with Gasteiger partial charge in [0, 0.05) is 25.7 Å². The number of hydrogen-bond acceptors (Lipinski definition) is 4. The van der Waals surface area contributed by atoms with Gasteiger partial charge in [-0.15, -0.1) is 0 Å². The number of nitrogens with one attached hydrogen (secondary N) is 1. The zero-order valence-corrected chi connectivity index (χ0v) is 12.0. The van der Waals surface area contributed by atoms with E-state index in [4.69, 9.17) is 0 Å². The van der Waals surface area contributed by atoms with Gasteiger partial charge in [0.15, 0.2) is 0 Å². The van der Waals surface area contributed by atoms with Crippen LogP contribution in [0.25, 0.3) is 0 Å². The predicted molar refractivity (Wildman–Crippen MR) is 76.4 cm³/mol. The van der Waals surface area contributed by atoms with Crippen molar-refractivity contribution in [3.8, 4) is 0 Å². The van der Waals surface area contributed by atoms with E-state index in [1.165, 1.54) is 17.0 Å². The Morgan fingerprint density at radius 1 is 1.23 bits per heavy atom. The van der Waals surface area contributed by atoms with E-state index >= 15 is 0 Å². The van der Waals surface area contributed by atoms with Gasteiger partial charge < -0.3 is 10.4 Å². The van der Waals surface area contributed by atoms with Gasteiger partial charge in [-0.3, -0.25) is 14.6 Å². The summed E-state index contributed by atoms with van der Waals surface area (Å²) in [7, 11) is 0. The van der Waals surface area contributed by atoms with Gasteiger partial charge in [0.05, 0.1) is 12.6 Å². The fourth-order valence-electron chi connectivity index (χ4n) is 3.07. The third-order valence-corrected chi connectivity index (χ3v) is 4.18. The van der Waals surface area contributed by atoms with Gasteiger partial charge >= 0.3 is 6.03 Å². The van der Waals surface area contributed by atoms with Crippen LogP contribution in [0.15, 0.2) is 24.3 Å². The molecule has 2 heterocycles. The number of aliphatic hydroxyl groups excluding tert-OH is 1. The Morgan fingerprint density at radius 3 is 2.59 bits per heavy atom. The normalized spacial score (nSPS) is 25.8. The number of imide groups is 1. The van der Waals surface area contributed by atoms with Gasteiger partial charge in [0.25, 0.3) is 0 Å². The fourth-order valence-corrected chi connectivity index (χ4v) is 3.07. The van der Waals surface area contributed by atoms with E-state index in [0.717, 1.165) is 5.56 Å². The monoisotopic (exact) mass is 307 g/mol. The van der Waals surface area contributed by atoms with Gasteiger partial charge in [-0.05, 0) is 24.1 Å². The molecule has 2 fully saturated rings. The van der Waals surface area contributed by atoms with Gasteiger partial charge in [0.1, 0.15) is 5.82 Å². The lowest BCUT2D eigenvalue weighted by atomic mass is 10.0. The van der Waals surface area contributed by atoms with Crippen molar-refractivity contribution in [3.05, 3.63) is 35.6 Å². The molecule has 2 atom stereocenters. The topological polar surface area (TPSA) is 72.9 Å². The number of carbonyl (C=O) groups excluding carboxylic acids is 2. The maximum atomic E-state index is 13.0. The molecular weight excluding hydrogens is 289 g/mol. The Balaban J connectivity index is 1.67. The lowest BCUT2D eigenvalue weighted by Gasteiger charge is -2.26. The molecule has 3 rings (SSSR count). The van der Waals surface area contributed by atoms with E-state index in [9.17, 15) is 19.1 Å². The number of carbonyl (C=O) groups is 2. The van der Waals surface area contributed by atoms with Crippen molar-refractivity contribution in [2.24, 2.45) is 0 Å². The highest BCUT2D eigenvalue weighted by molar-refractivity contribution is 6.01. The molecule has 2 saturated heterocycles. The van der Waals surface area contributed by atoms with E-state index in [2.05, 4.69) is 5.32 Å². The molecule has 0 radical (unpaired) electrons. The highest BCUT2D eigenvalue weighted by atomic mass is 19.1. The van der Waals surface area contributed by atoms with Crippen LogP contribution in [0.4, 0.5) is 9.18 Å². The summed E-state index contributed by atoms with van der Waals surface area (Å²) in [5.74, 6) is -0.531. The molecule has 2 unspecified atom stereocenters. The first-order chi connectivity index (χ1) is 10.5. The number of benzene rings is 1. The molecule has 2 aliphatic rings. The maximum absolute atomic E-state index is 13.0. The summed E-state index contributed by atoms with van der Waals surface area (Å²) in [4.78, 5) is 26.3. The van der Waals surface area contributed by atoms with E-state index in [-0.39, 0.29) is 36.9 Å². The van der Waals surface area contributed by atoms with E-state index in [1.807, 2.05) is 4.90 Å². The first-order valence-corrected chi connectivity index (χ1v) is 7.30. The standard InChI is InChI=1S/C15H18FN3O3/c16-11-3-1-10(2-4-11)13-7-12(20)9-18(13)5-6-19-14(21)8-17-15(19)22/h1-4,12-13,20H,5-9H2,(H,17,22). The highest BCUT2D eigenvalue weighted by Crippen LogP contribution is 2.31. The number of aliphatic hydroxyl groups is 1. The second kappa shape index (κ2) is 6.02. The quantitative estimate of drug-likeness (QED) is 0.794. The Labute approximate surface area is 127 Å². The smallest absolute Gasteiger partial charge is 0.324 e. The molecule has 118 valence electrons. The molecule has 6 nitrogen and oxygen atoms in total. The molecule has 0 saturated carbocycles. The molecule has 2 N–H and O–H groups in total. The molecule has 2 aliphatic heterocycles. The van der Waals surface area contributed by atoms with E-state index < -0.39 is 6.10 Å². The first-order valence-electron chi connectivity index (χ1n) is 7.30. The maximum Gasteiger partial charge on any atom is 0.324 e. The molecule has 1 aromatic rings. The van der Waals surface area contributed by atoms with Crippen molar-refractivity contribution in [2.75, 3.05) is 26.2 Å². The Bertz CT molecular complexity index is 562.